The summed E-state index contributed by atoms with van der Waals surface area (Å²) in [7, 11) is 0. The molecule has 1 saturated heterocycles. The van der Waals surface area contributed by atoms with Crippen molar-refractivity contribution in [3.05, 3.63) is 24.5 Å². The first-order valence-corrected chi connectivity index (χ1v) is 7.13. The average Bonchev–Trinajstić information content (AvgIpc) is 2.92. The van der Waals surface area contributed by atoms with Gasteiger partial charge in [0.15, 0.2) is 0 Å². The summed E-state index contributed by atoms with van der Waals surface area (Å²) in [5.74, 6) is 1.43. The Kier molecular flexibility index (Phi) is 3.69. The van der Waals surface area contributed by atoms with Gasteiger partial charge in [-0.3, -0.25) is 0 Å². The second-order valence-corrected chi connectivity index (χ2v) is 5.25. The molecule has 2 heterocycles. The molecule has 3 rings (SSSR count). The van der Waals surface area contributed by atoms with Gasteiger partial charge in [-0.25, -0.2) is 9.97 Å². The van der Waals surface area contributed by atoms with Crippen LogP contribution in [0.5, 0.6) is 0 Å². The molecule has 0 aliphatic carbocycles. The predicted molar refractivity (Wildman–Crippen MR) is 80.6 cm³/mol. The van der Waals surface area contributed by atoms with Crippen molar-refractivity contribution in [3.8, 4) is 0 Å². The highest BCUT2D eigenvalue weighted by Crippen LogP contribution is 2.25. The molecule has 0 amide bonds. The molecule has 2 atom stereocenters. The molecule has 1 aliphatic rings. The highest BCUT2D eigenvalue weighted by molar-refractivity contribution is 5.90. The standard InChI is InChI=1S/C15H20N4O/c1-2-14-10(5-6-20-14)8-17-15-12-4-3-11(16)7-13(12)18-9-19-15/h3-4,7,9-10,14H,2,5-6,8,16H2,1H3,(H,17,18,19). The van der Waals surface area contributed by atoms with E-state index in [0.717, 1.165) is 48.4 Å². The molecule has 2 aromatic rings. The van der Waals surface area contributed by atoms with E-state index in [-0.39, 0.29) is 0 Å². The second kappa shape index (κ2) is 5.63. The topological polar surface area (TPSA) is 73.1 Å². The minimum Gasteiger partial charge on any atom is -0.399 e. The number of hydrogen-bond acceptors (Lipinski definition) is 5. The van der Waals surface area contributed by atoms with E-state index in [0.29, 0.717) is 12.0 Å². The van der Waals surface area contributed by atoms with Gasteiger partial charge < -0.3 is 15.8 Å². The van der Waals surface area contributed by atoms with Crippen LogP contribution in [-0.2, 0) is 4.74 Å². The van der Waals surface area contributed by atoms with Crippen LogP contribution in [0.15, 0.2) is 24.5 Å². The summed E-state index contributed by atoms with van der Waals surface area (Å²) in [6.07, 6.45) is 4.12. The minimum absolute atomic E-state index is 0.367. The minimum atomic E-state index is 0.367. The number of rotatable bonds is 4. The molecule has 5 nitrogen and oxygen atoms in total. The highest BCUT2D eigenvalue weighted by Gasteiger charge is 2.26. The molecule has 3 N–H and O–H groups in total. The number of anilines is 2. The van der Waals surface area contributed by atoms with Gasteiger partial charge in [-0.15, -0.1) is 0 Å². The van der Waals surface area contributed by atoms with Gasteiger partial charge in [0.1, 0.15) is 12.1 Å². The maximum Gasteiger partial charge on any atom is 0.137 e. The number of nitrogens with two attached hydrogens (primary N) is 1. The third-order valence-electron chi connectivity index (χ3n) is 3.94. The van der Waals surface area contributed by atoms with Crippen LogP contribution in [-0.4, -0.2) is 29.2 Å². The Morgan fingerprint density at radius 3 is 3.15 bits per heavy atom. The van der Waals surface area contributed by atoms with E-state index in [2.05, 4.69) is 22.2 Å². The van der Waals surface area contributed by atoms with Crippen LogP contribution in [0.3, 0.4) is 0 Å². The van der Waals surface area contributed by atoms with Crippen molar-refractivity contribution >= 4 is 22.4 Å². The quantitative estimate of drug-likeness (QED) is 0.836. The monoisotopic (exact) mass is 272 g/mol. The van der Waals surface area contributed by atoms with E-state index < -0.39 is 0 Å². The van der Waals surface area contributed by atoms with Gasteiger partial charge in [0.2, 0.25) is 0 Å². The van der Waals surface area contributed by atoms with Crippen molar-refractivity contribution < 1.29 is 4.74 Å². The molecule has 2 unspecified atom stereocenters. The fraction of sp³-hybridized carbons (Fsp3) is 0.467. The van der Waals surface area contributed by atoms with Crippen molar-refractivity contribution in [2.45, 2.75) is 25.9 Å². The molecule has 0 spiro atoms. The summed E-state index contributed by atoms with van der Waals surface area (Å²) in [6, 6.07) is 5.72. The Morgan fingerprint density at radius 2 is 2.30 bits per heavy atom. The zero-order valence-electron chi connectivity index (χ0n) is 11.7. The number of nitrogens with one attached hydrogen (secondary N) is 1. The van der Waals surface area contributed by atoms with E-state index >= 15 is 0 Å². The molecule has 1 fully saturated rings. The van der Waals surface area contributed by atoms with Gasteiger partial charge in [-0.05, 0) is 31.0 Å². The molecule has 0 radical (unpaired) electrons. The molecule has 1 aliphatic heterocycles. The number of aromatic nitrogens is 2. The molecule has 1 aromatic carbocycles. The molecule has 0 bridgehead atoms. The van der Waals surface area contributed by atoms with E-state index in [9.17, 15) is 0 Å². The molecule has 0 saturated carbocycles. The van der Waals surface area contributed by atoms with E-state index in [1.54, 1.807) is 6.33 Å². The van der Waals surface area contributed by atoms with Gasteiger partial charge in [-0.1, -0.05) is 6.92 Å². The first kappa shape index (κ1) is 13.1. The summed E-state index contributed by atoms with van der Waals surface area (Å²) in [6.45, 7) is 3.92. The maximum absolute atomic E-state index is 5.79. The summed E-state index contributed by atoms with van der Waals surface area (Å²) in [5, 5.41) is 4.45. The molecule has 20 heavy (non-hydrogen) atoms. The van der Waals surface area contributed by atoms with Crippen molar-refractivity contribution in [3.63, 3.8) is 0 Å². The average molecular weight is 272 g/mol. The summed E-state index contributed by atoms with van der Waals surface area (Å²) in [5.41, 5.74) is 7.38. The van der Waals surface area contributed by atoms with Gasteiger partial charge in [0.25, 0.3) is 0 Å². The van der Waals surface area contributed by atoms with E-state index in [1.807, 2.05) is 18.2 Å². The van der Waals surface area contributed by atoms with Crippen LogP contribution in [0.4, 0.5) is 11.5 Å². The first-order valence-electron chi connectivity index (χ1n) is 7.13. The highest BCUT2D eigenvalue weighted by atomic mass is 16.5. The lowest BCUT2D eigenvalue weighted by atomic mass is 10.00. The maximum atomic E-state index is 5.79. The van der Waals surface area contributed by atoms with Crippen molar-refractivity contribution in [1.82, 2.24) is 9.97 Å². The SMILES string of the molecule is CCC1OCCC1CNc1ncnc2cc(N)ccc12. The Bertz CT molecular complexity index is 601. The zero-order chi connectivity index (χ0) is 13.9. The van der Waals surface area contributed by atoms with Gasteiger partial charge in [-0.2, -0.15) is 0 Å². The molecule has 1 aromatic heterocycles. The van der Waals surface area contributed by atoms with Crippen LogP contribution < -0.4 is 11.1 Å². The lowest BCUT2D eigenvalue weighted by Crippen LogP contribution is -2.23. The Labute approximate surface area is 118 Å². The van der Waals surface area contributed by atoms with Crippen molar-refractivity contribution in [2.24, 2.45) is 5.92 Å². The number of hydrogen-bond donors (Lipinski definition) is 2. The number of ether oxygens (including phenoxy) is 1. The van der Waals surface area contributed by atoms with E-state index in [4.69, 9.17) is 10.5 Å². The lowest BCUT2D eigenvalue weighted by molar-refractivity contribution is 0.0900. The normalized spacial score (nSPS) is 22.2. The van der Waals surface area contributed by atoms with Gasteiger partial charge in [0, 0.05) is 30.1 Å². The summed E-state index contributed by atoms with van der Waals surface area (Å²) < 4.78 is 5.72. The Hall–Kier alpha value is -1.88. The summed E-state index contributed by atoms with van der Waals surface area (Å²) in [4.78, 5) is 8.60. The number of nitrogen functional groups attached to an aromatic ring is 1. The van der Waals surface area contributed by atoms with Crippen molar-refractivity contribution in [2.75, 3.05) is 24.2 Å². The van der Waals surface area contributed by atoms with Crippen LogP contribution >= 0.6 is 0 Å². The Morgan fingerprint density at radius 1 is 1.40 bits per heavy atom. The summed E-state index contributed by atoms with van der Waals surface area (Å²) >= 11 is 0. The van der Waals surface area contributed by atoms with Crippen molar-refractivity contribution in [1.29, 1.82) is 0 Å². The largest absolute Gasteiger partial charge is 0.399 e. The van der Waals surface area contributed by atoms with Crippen LogP contribution in [0.1, 0.15) is 19.8 Å². The smallest absolute Gasteiger partial charge is 0.137 e. The van der Waals surface area contributed by atoms with Gasteiger partial charge in [0.05, 0.1) is 11.6 Å². The molecule has 106 valence electrons. The zero-order valence-corrected chi connectivity index (χ0v) is 11.7. The first-order chi connectivity index (χ1) is 9.78. The van der Waals surface area contributed by atoms with Crippen LogP contribution in [0.2, 0.25) is 0 Å². The third kappa shape index (κ3) is 2.54. The predicted octanol–water partition coefficient (Wildman–Crippen LogP) is 2.44. The third-order valence-corrected chi connectivity index (χ3v) is 3.94. The Balaban J connectivity index is 1.77. The second-order valence-electron chi connectivity index (χ2n) is 5.25. The molecule has 5 heteroatoms. The van der Waals surface area contributed by atoms with Crippen LogP contribution in [0, 0.1) is 5.92 Å². The van der Waals surface area contributed by atoms with Crippen LogP contribution in [0.25, 0.3) is 10.9 Å². The lowest BCUT2D eigenvalue weighted by Gasteiger charge is -2.18. The fourth-order valence-electron chi connectivity index (χ4n) is 2.82. The van der Waals surface area contributed by atoms with E-state index in [1.165, 1.54) is 0 Å². The fourth-order valence-corrected chi connectivity index (χ4v) is 2.82. The number of fused-ring (bicyclic) bond motifs is 1. The number of nitrogens with zero attached hydrogens (tertiary/aromatic N) is 2. The molecular weight excluding hydrogens is 252 g/mol. The molecular formula is C15H20N4O. The number of benzene rings is 1. The van der Waals surface area contributed by atoms with Gasteiger partial charge >= 0.3 is 0 Å².